The topological polar surface area (TPSA) is 73.9 Å². The number of carbonyl (C=O) groups is 2. The van der Waals surface area contributed by atoms with Gasteiger partial charge in [-0.3, -0.25) is 4.79 Å². The van der Waals surface area contributed by atoms with Gasteiger partial charge in [0.1, 0.15) is 17.5 Å². The molecule has 0 radical (unpaired) electrons. The van der Waals surface area contributed by atoms with Gasteiger partial charge in [0.15, 0.2) is 0 Å². The first-order chi connectivity index (χ1) is 13.1. The van der Waals surface area contributed by atoms with Gasteiger partial charge in [0.2, 0.25) is 0 Å². The van der Waals surface area contributed by atoms with Gasteiger partial charge < -0.3 is 19.5 Å². The molecule has 0 aliphatic carbocycles. The number of methoxy groups -OCH3 is 1. The van der Waals surface area contributed by atoms with Gasteiger partial charge in [-0.15, -0.1) is 0 Å². The number of ether oxygens (including phenoxy) is 3. The SMILES string of the molecule is CCOc1cc(OCC)cc(C(=O)NC(Cc2ccccc2)C(=O)OC)c1. The average molecular weight is 371 g/mol. The Hall–Kier alpha value is -3.02. The van der Waals surface area contributed by atoms with Crippen molar-refractivity contribution < 1.29 is 23.8 Å². The minimum absolute atomic E-state index is 0.336. The number of benzene rings is 2. The maximum atomic E-state index is 12.7. The maximum Gasteiger partial charge on any atom is 0.328 e. The summed E-state index contributed by atoms with van der Waals surface area (Å²) in [6.45, 7) is 4.66. The van der Waals surface area contributed by atoms with Crippen molar-refractivity contribution >= 4 is 11.9 Å². The fourth-order valence-electron chi connectivity index (χ4n) is 2.63. The lowest BCUT2D eigenvalue weighted by Crippen LogP contribution is -2.43. The molecule has 0 aliphatic heterocycles. The third-order valence-electron chi connectivity index (χ3n) is 3.84. The van der Waals surface area contributed by atoms with Crippen LogP contribution in [0.15, 0.2) is 48.5 Å². The van der Waals surface area contributed by atoms with Crippen LogP contribution in [0.4, 0.5) is 0 Å². The summed E-state index contributed by atoms with van der Waals surface area (Å²) in [7, 11) is 1.30. The fourth-order valence-corrected chi connectivity index (χ4v) is 2.63. The molecule has 0 spiro atoms. The lowest BCUT2D eigenvalue weighted by molar-refractivity contribution is -0.142. The van der Waals surface area contributed by atoms with Crippen LogP contribution in [-0.2, 0) is 16.0 Å². The van der Waals surface area contributed by atoms with E-state index in [0.29, 0.717) is 36.7 Å². The monoisotopic (exact) mass is 371 g/mol. The van der Waals surface area contributed by atoms with E-state index in [-0.39, 0.29) is 0 Å². The molecule has 1 atom stereocenters. The molecular formula is C21H25NO5. The van der Waals surface area contributed by atoms with Gasteiger partial charge in [-0.25, -0.2) is 4.79 Å². The van der Waals surface area contributed by atoms with E-state index in [0.717, 1.165) is 5.56 Å². The molecule has 6 nitrogen and oxygen atoms in total. The summed E-state index contributed by atoms with van der Waals surface area (Å²) in [4.78, 5) is 24.9. The van der Waals surface area contributed by atoms with Crippen LogP contribution in [0.5, 0.6) is 11.5 Å². The van der Waals surface area contributed by atoms with Gasteiger partial charge in [-0.2, -0.15) is 0 Å². The van der Waals surface area contributed by atoms with E-state index < -0.39 is 17.9 Å². The lowest BCUT2D eigenvalue weighted by atomic mass is 10.1. The van der Waals surface area contributed by atoms with E-state index in [2.05, 4.69) is 5.32 Å². The van der Waals surface area contributed by atoms with Crippen LogP contribution in [0.1, 0.15) is 29.8 Å². The summed E-state index contributed by atoms with van der Waals surface area (Å²) in [5, 5.41) is 2.75. The summed E-state index contributed by atoms with van der Waals surface area (Å²) in [5.74, 6) is 0.166. The Morgan fingerprint density at radius 3 is 2.07 bits per heavy atom. The first-order valence-electron chi connectivity index (χ1n) is 8.90. The molecule has 0 fully saturated rings. The zero-order valence-corrected chi connectivity index (χ0v) is 15.9. The predicted octanol–water partition coefficient (Wildman–Crippen LogP) is 3.00. The molecule has 1 unspecified atom stereocenters. The number of rotatable bonds is 9. The van der Waals surface area contributed by atoms with Crippen molar-refractivity contribution in [1.29, 1.82) is 0 Å². The molecule has 0 saturated heterocycles. The Morgan fingerprint density at radius 1 is 0.963 bits per heavy atom. The van der Waals surface area contributed by atoms with Gasteiger partial charge in [-0.1, -0.05) is 30.3 Å². The smallest absolute Gasteiger partial charge is 0.328 e. The Labute approximate surface area is 159 Å². The van der Waals surface area contributed by atoms with Crippen LogP contribution < -0.4 is 14.8 Å². The summed E-state index contributed by atoms with van der Waals surface area (Å²) in [6.07, 6.45) is 0.336. The Bertz CT molecular complexity index is 736. The van der Waals surface area contributed by atoms with Gasteiger partial charge in [0, 0.05) is 18.1 Å². The molecule has 0 bridgehead atoms. The first kappa shape index (κ1) is 20.3. The van der Waals surface area contributed by atoms with Crippen molar-refractivity contribution in [2.75, 3.05) is 20.3 Å². The van der Waals surface area contributed by atoms with Gasteiger partial charge in [0.25, 0.3) is 5.91 Å². The molecule has 27 heavy (non-hydrogen) atoms. The molecule has 1 amide bonds. The molecule has 0 saturated carbocycles. The van der Waals surface area contributed by atoms with Crippen molar-refractivity contribution in [2.24, 2.45) is 0 Å². The second-order valence-electron chi connectivity index (χ2n) is 5.80. The molecule has 0 aromatic heterocycles. The van der Waals surface area contributed by atoms with Gasteiger partial charge >= 0.3 is 5.97 Å². The fraction of sp³-hybridized carbons (Fsp3) is 0.333. The highest BCUT2D eigenvalue weighted by atomic mass is 16.5. The Balaban J connectivity index is 2.21. The largest absolute Gasteiger partial charge is 0.494 e. The predicted molar refractivity (Wildman–Crippen MR) is 102 cm³/mol. The zero-order chi connectivity index (χ0) is 19.6. The van der Waals surface area contributed by atoms with E-state index in [9.17, 15) is 9.59 Å². The first-order valence-corrected chi connectivity index (χ1v) is 8.90. The van der Waals surface area contributed by atoms with Crippen molar-refractivity contribution in [3.8, 4) is 11.5 Å². The van der Waals surface area contributed by atoms with Crippen molar-refractivity contribution in [3.63, 3.8) is 0 Å². The molecule has 1 N–H and O–H groups in total. The van der Waals surface area contributed by atoms with Crippen LogP contribution in [0.3, 0.4) is 0 Å². The highest BCUT2D eigenvalue weighted by molar-refractivity contribution is 5.97. The van der Waals surface area contributed by atoms with Crippen LogP contribution >= 0.6 is 0 Å². The molecule has 2 aromatic rings. The van der Waals surface area contributed by atoms with Crippen LogP contribution in [-0.4, -0.2) is 38.2 Å². The molecule has 0 heterocycles. The Morgan fingerprint density at radius 2 is 1.56 bits per heavy atom. The molecular weight excluding hydrogens is 346 g/mol. The zero-order valence-electron chi connectivity index (χ0n) is 15.9. The van der Waals surface area contributed by atoms with Crippen molar-refractivity contribution in [2.45, 2.75) is 26.3 Å². The number of nitrogens with one attached hydrogen (secondary N) is 1. The summed E-state index contributed by atoms with van der Waals surface area (Å²) >= 11 is 0. The van der Waals surface area contributed by atoms with Crippen LogP contribution in [0.2, 0.25) is 0 Å². The minimum Gasteiger partial charge on any atom is -0.494 e. The summed E-state index contributed by atoms with van der Waals surface area (Å²) in [6, 6.07) is 13.6. The van der Waals surface area contributed by atoms with Gasteiger partial charge in [0.05, 0.1) is 20.3 Å². The average Bonchev–Trinajstić information content (AvgIpc) is 2.68. The van der Waals surface area contributed by atoms with Crippen LogP contribution in [0, 0.1) is 0 Å². The number of esters is 1. The molecule has 0 aliphatic rings. The maximum absolute atomic E-state index is 12.7. The summed E-state index contributed by atoms with van der Waals surface area (Å²) in [5.41, 5.74) is 1.28. The van der Waals surface area contributed by atoms with Crippen LogP contribution in [0.25, 0.3) is 0 Å². The highest BCUT2D eigenvalue weighted by Crippen LogP contribution is 2.23. The number of amides is 1. The third kappa shape index (κ3) is 6.02. The van der Waals surface area contributed by atoms with E-state index in [1.54, 1.807) is 18.2 Å². The normalized spacial score (nSPS) is 11.4. The number of carbonyl (C=O) groups excluding carboxylic acids is 2. The van der Waals surface area contributed by atoms with Crippen molar-refractivity contribution in [3.05, 3.63) is 59.7 Å². The van der Waals surface area contributed by atoms with E-state index in [1.807, 2.05) is 44.2 Å². The lowest BCUT2D eigenvalue weighted by Gasteiger charge is -2.17. The third-order valence-corrected chi connectivity index (χ3v) is 3.84. The second kappa shape index (κ2) is 10.2. The Kier molecular flexibility index (Phi) is 7.67. The minimum atomic E-state index is -0.795. The number of hydrogen-bond acceptors (Lipinski definition) is 5. The number of hydrogen-bond donors (Lipinski definition) is 1. The molecule has 144 valence electrons. The highest BCUT2D eigenvalue weighted by Gasteiger charge is 2.23. The van der Waals surface area contributed by atoms with Crippen molar-refractivity contribution in [1.82, 2.24) is 5.32 Å². The standard InChI is InChI=1S/C21H25NO5/c1-4-26-17-12-16(13-18(14-17)27-5-2)20(23)22-19(21(24)25-3)11-15-9-7-6-8-10-15/h6-10,12-14,19H,4-5,11H2,1-3H3,(H,22,23). The van der Waals surface area contributed by atoms with E-state index >= 15 is 0 Å². The quantitative estimate of drug-likeness (QED) is 0.686. The molecule has 2 aromatic carbocycles. The van der Waals surface area contributed by atoms with E-state index in [1.165, 1.54) is 7.11 Å². The second-order valence-corrected chi connectivity index (χ2v) is 5.80. The molecule has 2 rings (SSSR count). The van der Waals surface area contributed by atoms with Gasteiger partial charge in [-0.05, 0) is 31.5 Å². The molecule has 6 heteroatoms. The summed E-state index contributed by atoms with van der Waals surface area (Å²) < 4.78 is 15.8. The van der Waals surface area contributed by atoms with E-state index in [4.69, 9.17) is 14.2 Å².